The van der Waals surface area contributed by atoms with Crippen LogP contribution in [0.5, 0.6) is 5.75 Å². The Labute approximate surface area is 121 Å². The highest BCUT2D eigenvalue weighted by Gasteiger charge is 2.23. The van der Waals surface area contributed by atoms with Crippen LogP contribution in [0.15, 0.2) is 17.0 Å². The molecule has 0 unspecified atom stereocenters. The molecule has 0 aromatic heterocycles. The Morgan fingerprint density at radius 2 is 1.80 bits per heavy atom. The zero-order chi connectivity index (χ0) is 15.3. The van der Waals surface area contributed by atoms with Crippen LogP contribution in [0.2, 0.25) is 0 Å². The Morgan fingerprint density at radius 3 is 2.35 bits per heavy atom. The summed E-state index contributed by atoms with van der Waals surface area (Å²) in [6.45, 7) is 4.58. The van der Waals surface area contributed by atoms with Crippen LogP contribution in [-0.4, -0.2) is 47.1 Å². The van der Waals surface area contributed by atoms with Gasteiger partial charge in [-0.2, -0.15) is 0 Å². The fraction of sp³-hybridized carbons (Fsp3) is 0.571. The van der Waals surface area contributed by atoms with Crippen molar-refractivity contribution in [2.45, 2.75) is 25.2 Å². The van der Waals surface area contributed by atoms with E-state index in [0.717, 1.165) is 5.56 Å². The Hall–Kier alpha value is -1.11. The van der Waals surface area contributed by atoms with Crippen LogP contribution >= 0.6 is 0 Å². The zero-order valence-corrected chi connectivity index (χ0v) is 13.6. The third-order valence-electron chi connectivity index (χ3n) is 3.20. The Kier molecular flexibility index (Phi) is 5.98. The summed E-state index contributed by atoms with van der Waals surface area (Å²) in [6, 6.07) is 3.42. The maximum atomic E-state index is 12.5. The van der Waals surface area contributed by atoms with E-state index in [-0.39, 0.29) is 0 Å². The maximum Gasteiger partial charge on any atom is 0.243 e. The van der Waals surface area contributed by atoms with Gasteiger partial charge in [0.05, 0.1) is 12.0 Å². The smallest absolute Gasteiger partial charge is 0.243 e. The van der Waals surface area contributed by atoms with Crippen molar-refractivity contribution in [3.05, 3.63) is 23.3 Å². The fourth-order valence-electron chi connectivity index (χ4n) is 1.98. The summed E-state index contributed by atoms with van der Waals surface area (Å²) >= 11 is 0. The van der Waals surface area contributed by atoms with Gasteiger partial charge in [0.25, 0.3) is 0 Å². The van der Waals surface area contributed by atoms with E-state index in [9.17, 15) is 8.42 Å². The number of aryl methyl sites for hydroxylation is 2. The van der Waals surface area contributed by atoms with Crippen LogP contribution in [0.1, 0.15) is 17.5 Å². The highest BCUT2D eigenvalue weighted by molar-refractivity contribution is 7.89. The van der Waals surface area contributed by atoms with Crippen LogP contribution in [0.3, 0.4) is 0 Å². The summed E-state index contributed by atoms with van der Waals surface area (Å²) in [5.41, 5.74) is 1.49. The molecule has 114 valence electrons. The number of benzene rings is 1. The molecule has 0 saturated heterocycles. The summed E-state index contributed by atoms with van der Waals surface area (Å²) in [4.78, 5) is 0.329. The molecule has 20 heavy (non-hydrogen) atoms. The quantitative estimate of drug-likeness (QED) is 0.723. The molecule has 0 radical (unpaired) electrons. The van der Waals surface area contributed by atoms with Gasteiger partial charge in [0.1, 0.15) is 5.75 Å². The largest absolute Gasteiger partial charge is 0.496 e. The van der Waals surface area contributed by atoms with Crippen LogP contribution in [0, 0.1) is 13.8 Å². The van der Waals surface area contributed by atoms with E-state index >= 15 is 0 Å². The average molecular weight is 301 g/mol. The van der Waals surface area contributed by atoms with E-state index in [2.05, 4.69) is 0 Å². The summed E-state index contributed by atoms with van der Waals surface area (Å²) in [6.07, 6.45) is 0.667. The number of hydrogen-bond donors (Lipinski definition) is 0. The molecule has 0 saturated carbocycles. The number of nitrogens with zero attached hydrogens (tertiary/aromatic N) is 1. The fourth-order valence-corrected chi connectivity index (χ4v) is 3.48. The van der Waals surface area contributed by atoms with E-state index in [1.54, 1.807) is 40.3 Å². The molecule has 0 heterocycles. The molecule has 0 bridgehead atoms. The minimum Gasteiger partial charge on any atom is -0.496 e. The first-order valence-electron chi connectivity index (χ1n) is 6.45. The molecule has 1 aromatic carbocycles. The lowest BCUT2D eigenvalue weighted by molar-refractivity contribution is 0.189. The van der Waals surface area contributed by atoms with Crippen molar-refractivity contribution in [1.29, 1.82) is 0 Å². The molecule has 6 heteroatoms. The van der Waals surface area contributed by atoms with Gasteiger partial charge in [0.15, 0.2) is 0 Å². The summed E-state index contributed by atoms with van der Waals surface area (Å²) in [7, 11) is 1.29. The third kappa shape index (κ3) is 3.71. The molecule has 1 rings (SSSR count). The van der Waals surface area contributed by atoms with E-state index in [0.29, 0.717) is 35.8 Å². The summed E-state index contributed by atoms with van der Waals surface area (Å²) in [5, 5.41) is 0. The van der Waals surface area contributed by atoms with Gasteiger partial charge in [0, 0.05) is 27.3 Å². The van der Waals surface area contributed by atoms with Gasteiger partial charge in [-0.1, -0.05) is 0 Å². The molecule has 0 N–H and O–H groups in total. The molecule has 5 nitrogen and oxygen atoms in total. The van der Waals surface area contributed by atoms with E-state index in [1.165, 1.54) is 4.31 Å². The molecule has 0 aliphatic carbocycles. The van der Waals surface area contributed by atoms with E-state index in [4.69, 9.17) is 9.47 Å². The van der Waals surface area contributed by atoms with Gasteiger partial charge in [0.2, 0.25) is 10.0 Å². The van der Waals surface area contributed by atoms with E-state index < -0.39 is 10.0 Å². The molecule has 1 aromatic rings. The number of methoxy groups -OCH3 is 2. The van der Waals surface area contributed by atoms with Crippen molar-refractivity contribution in [2.24, 2.45) is 0 Å². The Balaban J connectivity index is 3.06. The highest BCUT2D eigenvalue weighted by Crippen LogP contribution is 2.27. The molecular formula is C14H23NO4S. The second-order valence-corrected chi connectivity index (χ2v) is 6.77. The normalized spacial score (nSPS) is 11.9. The van der Waals surface area contributed by atoms with Crippen LogP contribution in [-0.2, 0) is 14.8 Å². The lowest BCUT2D eigenvalue weighted by atomic mass is 10.1. The van der Waals surface area contributed by atoms with Crippen LogP contribution in [0.25, 0.3) is 0 Å². The average Bonchev–Trinajstić information content (AvgIpc) is 2.40. The summed E-state index contributed by atoms with van der Waals surface area (Å²) < 4.78 is 36.6. The number of ether oxygens (including phenoxy) is 2. The predicted molar refractivity (Wildman–Crippen MR) is 78.8 cm³/mol. The van der Waals surface area contributed by atoms with Crippen molar-refractivity contribution in [2.75, 3.05) is 34.4 Å². The molecule has 0 amide bonds. The molecular weight excluding hydrogens is 278 g/mol. The van der Waals surface area contributed by atoms with Gasteiger partial charge < -0.3 is 9.47 Å². The molecule has 0 aliphatic rings. The highest BCUT2D eigenvalue weighted by atomic mass is 32.2. The topological polar surface area (TPSA) is 55.8 Å². The van der Waals surface area contributed by atoms with Gasteiger partial charge in [-0.05, 0) is 43.5 Å². The van der Waals surface area contributed by atoms with Crippen molar-refractivity contribution in [3.8, 4) is 5.75 Å². The first kappa shape index (κ1) is 16.9. The zero-order valence-electron chi connectivity index (χ0n) is 12.8. The molecule has 0 fully saturated rings. The SMILES string of the molecule is COCCCN(C)S(=O)(=O)c1cc(C)c(OC)cc1C. The number of rotatable bonds is 7. The van der Waals surface area contributed by atoms with Crippen LogP contribution < -0.4 is 4.74 Å². The Morgan fingerprint density at radius 1 is 1.15 bits per heavy atom. The van der Waals surface area contributed by atoms with Gasteiger partial charge >= 0.3 is 0 Å². The monoisotopic (exact) mass is 301 g/mol. The predicted octanol–water partition coefficient (Wildman–Crippen LogP) is 1.97. The minimum atomic E-state index is -3.48. The van der Waals surface area contributed by atoms with Crippen molar-refractivity contribution in [1.82, 2.24) is 4.31 Å². The van der Waals surface area contributed by atoms with Crippen LogP contribution in [0.4, 0.5) is 0 Å². The summed E-state index contributed by atoms with van der Waals surface area (Å²) in [5.74, 6) is 0.698. The van der Waals surface area contributed by atoms with Gasteiger partial charge in [-0.25, -0.2) is 12.7 Å². The van der Waals surface area contributed by atoms with Gasteiger partial charge in [-0.3, -0.25) is 0 Å². The standard InChI is InChI=1S/C14H23NO4S/c1-11-10-14(12(2)9-13(11)19-5)20(16,17)15(3)7-6-8-18-4/h9-10H,6-8H2,1-5H3. The maximum absolute atomic E-state index is 12.5. The van der Waals surface area contributed by atoms with E-state index in [1.807, 2.05) is 6.92 Å². The minimum absolute atomic E-state index is 0.329. The first-order valence-corrected chi connectivity index (χ1v) is 7.89. The number of sulfonamides is 1. The third-order valence-corrected chi connectivity index (χ3v) is 5.20. The second kappa shape index (κ2) is 7.06. The van der Waals surface area contributed by atoms with Crippen molar-refractivity contribution in [3.63, 3.8) is 0 Å². The molecule has 0 atom stereocenters. The lowest BCUT2D eigenvalue weighted by Gasteiger charge is -2.19. The van der Waals surface area contributed by atoms with Gasteiger partial charge in [-0.15, -0.1) is 0 Å². The van der Waals surface area contributed by atoms with Crippen molar-refractivity contribution < 1.29 is 17.9 Å². The Bertz CT molecular complexity index is 555. The lowest BCUT2D eigenvalue weighted by Crippen LogP contribution is -2.29. The molecule has 0 spiro atoms. The van der Waals surface area contributed by atoms with Crippen molar-refractivity contribution >= 4 is 10.0 Å². The molecule has 0 aliphatic heterocycles. The second-order valence-electron chi connectivity index (χ2n) is 4.76. The number of hydrogen-bond acceptors (Lipinski definition) is 4. The first-order chi connectivity index (χ1) is 9.34.